The Morgan fingerprint density at radius 1 is 1.36 bits per heavy atom. The first-order valence-corrected chi connectivity index (χ1v) is 7.08. The molecule has 0 bridgehead atoms. The van der Waals surface area contributed by atoms with Crippen LogP contribution in [-0.4, -0.2) is 51.2 Å². The Balaban J connectivity index is 0.00000242. The number of carbonyl (C=O) groups excluding carboxylic acids is 2. The third-order valence-corrected chi connectivity index (χ3v) is 3.38. The predicted octanol–water partition coefficient (Wildman–Crippen LogP) is 0.566. The molecule has 0 aliphatic carbocycles. The minimum absolute atomic E-state index is 0. The van der Waals surface area contributed by atoms with E-state index in [-0.39, 0.29) is 30.8 Å². The van der Waals surface area contributed by atoms with Crippen LogP contribution in [-0.2, 0) is 14.3 Å². The Bertz CT molecular complexity index is 484. The lowest BCUT2D eigenvalue weighted by atomic mass is 10.2. The third kappa shape index (κ3) is 4.98. The van der Waals surface area contributed by atoms with Gasteiger partial charge in [0.05, 0.1) is 13.2 Å². The van der Waals surface area contributed by atoms with E-state index in [2.05, 4.69) is 10.6 Å². The first kappa shape index (κ1) is 18.4. The molecule has 1 saturated heterocycles. The molecule has 1 aliphatic heterocycles. The molecule has 2 N–H and O–H groups in total. The van der Waals surface area contributed by atoms with Crippen LogP contribution in [0.3, 0.4) is 0 Å². The Labute approximate surface area is 136 Å². The van der Waals surface area contributed by atoms with E-state index in [4.69, 9.17) is 4.74 Å². The number of hydrogen-bond donors (Lipinski definition) is 2. The SMILES string of the molecule is COCCNCC(=O)NC1CCN(c2ccccc2)C1=O.Cl. The van der Waals surface area contributed by atoms with Crippen molar-refractivity contribution in [1.82, 2.24) is 10.6 Å². The molecule has 122 valence electrons. The number of benzene rings is 1. The summed E-state index contributed by atoms with van der Waals surface area (Å²) in [6, 6.07) is 9.07. The molecule has 0 spiro atoms. The van der Waals surface area contributed by atoms with Crippen molar-refractivity contribution in [3.05, 3.63) is 30.3 Å². The van der Waals surface area contributed by atoms with E-state index < -0.39 is 6.04 Å². The van der Waals surface area contributed by atoms with Crippen LogP contribution in [0.5, 0.6) is 0 Å². The van der Waals surface area contributed by atoms with E-state index in [1.165, 1.54) is 0 Å². The highest BCUT2D eigenvalue weighted by Gasteiger charge is 2.33. The molecule has 1 fully saturated rings. The van der Waals surface area contributed by atoms with Crippen molar-refractivity contribution in [3.8, 4) is 0 Å². The van der Waals surface area contributed by atoms with E-state index in [9.17, 15) is 9.59 Å². The van der Waals surface area contributed by atoms with Gasteiger partial charge in [0.15, 0.2) is 0 Å². The Kier molecular flexibility index (Phi) is 7.87. The molecule has 1 aromatic rings. The Morgan fingerprint density at radius 3 is 2.77 bits per heavy atom. The van der Waals surface area contributed by atoms with Crippen LogP contribution in [0.25, 0.3) is 0 Å². The van der Waals surface area contributed by atoms with Crippen molar-refractivity contribution in [2.24, 2.45) is 0 Å². The third-order valence-electron chi connectivity index (χ3n) is 3.38. The van der Waals surface area contributed by atoms with Crippen molar-refractivity contribution in [2.45, 2.75) is 12.5 Å². The molecule has 0 aromatic heterocycles. The van der Waals surface area contributed by atoms with E-state index >= 15 is 0 Å². The summed E-state index contributed by atoms with van der Waals surface area (Å²) in [6.07, 6.45) is 0.636. The quantitative estimate of drug-likeness (QED) is 0.718. The maximum Gasteiger partial charge on any atom is 0.249 e. The van der Waals surface area contributed by atoms with Gasteiger partial charge in [-0.25, -0.2) is 0 Å². The first-order valence-electron chi connectivity index (χ1n) is 7.08. The fourth-order valence-electron chi connectivity index (χ4n) is 2.30. The second-order valence-corrected chi connectivity index (χ2v) is 4.90. The largest absolute Gasteiger partial charge is 0.383 e. The zero-order chi connectivity index (χ0) is 15.1. The molecular formula is C15H22ClN3O3. The Hall–Kier alpha value is -1.63. The Morgan fingerprint density at radius 2 is 2.09 bits per heavy atom. The fourth-order valence-corrected chi connectivity index (χ4v) is 2.30. The van der Waals surface area contributed by atoms with Crippen LogP contribution >= 0.6 is 12.4 Å². The van der Waals surface area contributed by atoms with Gasteiger partial charge in [-0.1, -0.05) is 18.2 Å². The molecule has 0 saturated carbocycles. The lowest BCUT2D eigenvalue weighted by molar-refractivity contribution is -0.125. The van der Waals surface area contributed by atoms with Crippen molar-refractivity contribution >= 4 is 29.9 Å². The number of nitrogens with zero attached hydrogens (tertiary/aromatic N) is 1. The minimum Gasteiger partial charge on any atom is -0.383 e. The molecule has 1 heterocycles. The molecule has 1 aliphatic rings. The minimum atomic E-state index is -0.429. The number of para-hydroxylation sites is 1. The molecule has 7 heteroatoms. The van der Waals surface area contributed by atoms with Crippen LogP contribution in [0.4, 0.5) is 5.69 Å². The number of hydrogen-bond acceptors (Lipinski definition) is 4. The monoisotopic (exact) mass is 327 g/mol. The van der Waals surface area contributed by atoms with Crippen LogP contribution in [0.1, 0.15) is 6.42 Å². The maximum atomic E-state index is 12.3. The molecule has 2 amide bonds. The standard InChI is InChI=1S/C15H21N3O3.ClH/c1-21-10-8-16-11-14(19)17-13-7-9-18(15(13)20)12-5-3-2-4-6-12;/h2-6,13,16H,7-11H2,1H3,(H,17,19);1H. The van der Waals surface area contributed by atoms with Gasteiger partial charge in [-0.15, -0.1) is 12.4 Å². The molecule has 22 heavy (non-hydrogen) atoms. The number of ether oxygens (including phenoxy) is 1. The molecule has 0 radical (unpaired) electrons. The zero-order valence-electron chi connectivity index (χ0n) is 12.6. The summed E-state index contributed by atoms with van der Waals surface area (Å²) in [5.41, 5.74) is 0.873. The van der Waals surface area contributed by atoms with Crippen LogP contribution in [0, 0.1) is 0 Å². The molecule has 1 aromatic carbocycles. The number of halogens is 1. The van der Waals surface area contributed by atoms with Crippen LogP contribution < -0.4 is 15.5 Å². The lowest BCUT2D eigenvalue weighted by Gasteiger charge is -2.17. The highest BCUT2D eigenvalue weighted by molar-refractivity contribution is 6.01. The number of rotatable bonds is 7. The molecule has 6 nitrogen and oxygen atoms in total. The highest BCUT2D eigenvalue weighted by Crippen LogP contribution is 2.20. The van der Waals surface area contributed by atoms with E-state index in [0.717, 1.165) is 5.69 Å². The smallest absolute Gasteiger partial charge is 0.249 e. The van der Waals surface area contributed by atoms with Crippen molar-refractivity contribution in [2.75, 3.05) is 38.3 Å². The number of carbonyl (C=O) groups is 2. The average molecular weight is 328 g/mol. The van der Waals surface area contributed by atoms with Gasteiger partial charge >= 0.3 is 0 Å². The van der Waals surface area contributed by atoms with Gasteiger partial charge in [0.2, 0.25) is 11.8 Å². The summed E-state index contributed by atoms with van der Waals surface area (Å²) < 4.78 is 4.88. The maximum absolute atomic E-state index is 12.3. The van der Waals surface area contributed by atoms with E-state index in [0.29, 0.717) is 26.1 Å². The summed E-state index contributed by atoms with van der Waals surface area (Å²) in [6.45, 7) is 1.99. The second-order valence-electron chi connectivity index (χ2n) is 4.90. The topological polar surface area (TPSA) is 70.7 Å². The molecule has 1 unspecified atom stereocenters. The van der Waals surface area contributed by atoms with Crippen LogP contribution in [0.15, 0.2) is 30.3 Å². The first-order chi connectivity index (χ1) is 10.2. The summed E-state index contributed by atoms with van der Waals surface area (Å²) in [4.78, 5) is 25.8. The molecular weight excluding hydrogens is 306 g/mol. The van der Waals surface area contributed by atoms with Crippen molar-refractivity contribution in [1.29, 1.82) is 0 Å². The average Bonchev–Trinajstić information content (AvgIpc) is 2.86. The van der Waals surface area contributed by atoms with E-state index in [1.54, 1.807) is 12.0 Å². The van der Waals surface area contributed by atoms with Gasteiger partial charge in [0.25, 0.3) is 0 Å². The second kappa shape index (κ2) is 9.40. The zero-order valence-corrected chi connectivity index (χ0v) is 13.4. The summed E-state index contributed by atoms with van der Waals surface area (Å²) in [5, 5.41) is 5.73. The number of nitrogens with one attached hydrogen (secondary N) is 2. The number of anilines is 1. The predicted molar refractivity (Wildman–Crippen MR) is 87.3 cm³/mol. The number of amides is 2. The van der Waals surface area contributed by atoms with E-state index in [1.807, 2.05) is 30.3 Å². The van der Waals surface area contributed by atoms with Gasteiger partial charge in [-0.2, -0.15) is 0 Å². The summed E-state index contributed by atoms with van der Waals surface area (Å²) >= 11 is 0. The van der Waals surface area contributed by atoms with Crippen molar-refractivity contribution in [3.63, 3.8) is 0 Å². The summed E-state index contributed by atoms with van der Waals surface area (Å²) in [5.74, 6) is -0.217. The lowest BCUT2D eigenvalue weighted by Crippen LogP contribution is -2.45. The molecule has 1 atom stereocenters. The highest BCUT2D eigenvalue weighted by atomic mass is 35.5. The normalized spacial score (nSPS) is 17.2. The van der Waals surface area contributed by atoms with Crippen LogP contribution in [0.2, 0.25) is 0 Å². The number of methoxy groups -OCH3 is 1. The van der Waals surface area contributed by atoms with Gasteiger partial charge in [0.1, 0.15) is 6.04 Å². The molecule has 2 rings (SSSR count). The van der Waals surface area contributed by atoms with Gasteiger partial charge in [0, 0.05) is 25.9 Å². The fraction of sp³-hybridized carbons (Fsp3) is 0.467. The van der Waals surface area contributed by atoms with Gasteiger partial charge < -0.3 is 20.3 Å². The van der Waals surface area contributed by atoms with Crippen molar-refractivity contribution < 1.29 is 14.3 Å². The summed E-state index contributed by atoms with van der Waals surface area (Å²) in [7, 11) is 1.61. The van der Waals surface area contributed by atoms with Gasteiger partial charge in [-0.05, 0) is 18.6 Å². The van der Waals surface area contributed by atoms with Gasteiger partial charge in [-0.3, -0.25) is 9.59 Å².